The molecular weight excluding hydrogens is 336 g/mol. The molecule has 2 bridgehead atoms. The molecule has 1 amide bonds. The van der Waals surface area contributed by atoms with Crippen LogP contribution in [0.5, 0.6) is 0 Å². The van der Waals surface area contributed by atoms with Gasteiger partial charge in [0.25, 0.3) is 0 Å². The van der Waals surface area contributed by atoms with Gasteiger partial charge in [-0.2, -0.15) is 0 Å². The molecule has 3 atom stereocenters. The summed E-state index contributed by atoms with van der Waals surface area (Å²) in [6.45, 7) is 6.78. The van der Waals surface area contributed by atoms with Crippen molar-refractivity contribution >= 4 is 23.0 Å². The molecule has 0 radical (unpaired) electrons. The first-order valence-corrected chi connectivity index (χ1v) is 10.6. The van der Waals surface area contributed by atoms with Gasteiger partial charge < -0.3 is 0 Å². The maximum atomic E-state index is 12.9. The number of nitrogens with one attached hydrogen (secondary N) is 1. The van der Waals surface area contributed by atoms with Crippen molar-refractivity contribution in [1.82, 2.24) is 14.5 Å². The van der Waals surface area contributed by atoms with Gasteiger partial charge in [-0.15, -0.1) is 0 Å². The lowest BCUT2D eigenvalue weighted by molar-refractivity contribution is -0.128. The number of aromatic nitrogens is 3. The SMILES string of the molecule is Cc1ccc2nc(NC(=O)CC3CCC4CC3C4(C)C)n(C3CCC3)c2n1. The van der Waals surface area contributed by atoms with Crippen LogP contribution in [0.4, 0.5) is 5.95 Å². The summed E-state index contributed by atoms with van der Waals surface area (Å²) in [4.78, 5) is 22.3. The van der Waals surface area contributed by atoms with E-state index in [1.165, 1.54) is 25.7 Å². The van der Waals surface area contributed by atoms with Gasteiger partial charge in [0.15, 0.2) is 5.65 Å². The molecule has 2 heterocycles. The third-order valence-electron chi connectivity index (χ3n) is 7.82. The first-order chi connectivity index (χ1) is 12.9. The molecule has 4 aliphatic rings. The van der Waals surface area contributed by atoms with E-state index in [0.29, 0.717) is 35.7 Å². The molecule has 5 nitrogen and oxygen atoms in total. The fourth-order valence-electron chi connectivity index (χ4n) is 5.77. The van der Waals surface area contributed by atoms with Gasteiger partial charge in [-0.25, -0.2) is 9.97 Å². The Balaban J connectivity index is 1.37. The van der Waals surface area contributed by atoms with Crippen LogP contribution in [0, 0.1) is 30.1 Å². The topological polar surface area (TPSA) is 59.8 Å². The lowest BCUT2D eigenvalue weighted by Crippen LogP contribution is -2.52. The number of nitrogens with zero attached hydrogens (tertiary/aromatic N) is 3. The summed E-state index contributed by atoms with van der Waals surface area (Å²) < 4.78 is 2.17. The highest BCUT2D eigenvalue weighted by atomic mass is 16.1. The molecule has 4 saturated carbocycles. The fraction of sp³-hybridized carbons (Fsp3) is 0.682. The molecule has 2 aromatic rings. The number of carbonyl (C=O) groups is 1. The van der Waals surface area contributed by atoms with E-state index in [2.05, 4.69) is 23.7 Å². The van der Waals surface area contributed by atoms with E-state index in [0.717, 1.165) is 35.6 Å². The van der Waals surface area contributed by atoms with Gasteiger partial charge in [-0.05, 0) is 80.8 Å². The Labute approximate surface area is 161 Å². The molecule has 0 saturated heterocycles. The van der Waals surface area contributed by atoms with Gasteiger partial charge >= 0.3 is 0 Å². The van der Waals surface area contributed by atoms with Crippen molar-refractivity contribution in [3.8, 4) is 0 Å². The highest BCUT2D eigenvalue weighted by Gasteiger charge is 2.54. The zero-order valence-corrected chi connectivity index (χ0v) is 16.7. The average molecular weight is 367 g/mol. The minimum Gasteiger partial charge on any atom is -0.296 e. The largest absolute Gasteiger partial charge is 0.296 e. The number of imidazole rings is 1. The van der Waals surface area contributed by atoms with Crippen LogP contribution in [0.25, 0.3) is 11.2 Å². The average Bonchev–Trinajstić information content (AvgIpc) is 2.90. The Hall–Kier alpha value is -1.91. The van der Waals surface area contributed by atoms with Gasteiger partial charge in [0.2, 0.25) is 11.9 Å². The number of carbonyl (C=O) groups excluding carboxylic acids is 1. The van der Waals surface area contributed by atoms with Crippen LogP contribution in [0.3, 0.4) is 0 Å². The van der Waals surface area contributed by atoms with Crippen LogP contribution in [-0.2, 0) is 4.79 Å². The van der Waals surface area contributed by atoms with Gasteiger partial charge in [-0.3, -0.25) is 14.7 Å². The lowest BCUT2D eigenvalue weighted by atomic mass is 9.45. The molecular formula is C22H30N4O. The number of rotatable bonds is 4. The maximum Gasteiger partial charge on any atom is 0.226 e. The number of amides is 1. The standard InChI is InChI=1S/C22H30N4O/c1-13-7-10-18-20(23-13)26(16-5-4-6-16)21(24-18)25-19(27)11-14-8-9-15-12-17(14)22(15,2)3/h7,10,14-17H,4-6,8-9,11-12H2,1-3H3,(H,24,25,27). The summed E-state index contributed by atoms with van der Waals surface area (Å²) in [6.07, 6.45) is 7.95. The van der Waals surface area contributed by atoms with Crippen molar-refractivity contribution in [3.63, 3.8) is 0 Å². The van der Waals surface area contributed by atoms with E-state index >= 15 is 0 Å². The number of aryl methyl sites for hydroxylation is 1. The van der Waals surface area contributed by atoms with E-state index in [-0.39, 0.29) is 5.91 Å². The second-order valence-electron chi connectivity index (χ2n) is 9.64. The number of hydrogen-bond acceptors (Lipinski definition) is 3. The first-order valence-electron chi connectivity index (χ1n) is 10.6. The molecule has 1 N–H and O–H groups in total. The molecule has 2 aromatic heterocycles. The van der Waals surface area contributed by atoms with Crippen molar-refractivity contribution in [2.24, 2.45) is 23.2 Å². The molecule has 0 aliphatic heterocycles. The summed E-state index contributed by atoms with van der Waals surface area (Å²) in [5.41, 5.74) is 3.20. The molecule has 3 unspecified atom stereocenters. The predicted molar refractivity (Wildman–Crippen MR) is 107 cm³/mol. The lowest BCUT2D eigenvalue weighted by Gasteiger charge is -2.60. The smallest absolute Gasteiger partial charge is 0.226 e. The number of fused-ring (bicyclic) bond motifs is 3. The summed E-state index contributed by atoms with van der Waals surface area (Å²) >= 11 is 0. The molecule has 4 aliphatic carbocycles. The van der Waals surface area contributed by atoms with Crippen molar-refractivity contribution in [3.05, 3.63) is 17.8 Å². The normalized spacial score (nSPS) is 29.2. The zero-order valence-electron chi connectivity index (χ0n) is 16.7. The number of anilines is 1. The van der Waals surface area contributed by atoms with Crippen LogP contribution < -0.4 is 5.32 Å². The first kappa shape index (κ1) is 17.2. The number of pyridine rings is 1. The second-order valence-corrected chi connectivity index (χ2v) is 9.64. The Morgan fingerprint density at radius 1 is 1.22 bits per heavy atom. The van der Waals surface area contributed by atoms with E-state index in [1.54, 1.807) is 0 Å². The zero-order chi connectivity index (χ0) is 18.8. The Kier molecular flexibility index (Phi) is 3.85. The third kappa shape index (κ3) is 2.69. The highest BCUT2D eigenvalue weighted by molar-refractivity contribution is 5.91. The van der Waals surface area contributed by atoms with Gasteiger partial charge in [0.1, 0.15) is 5.52 Å². The predicted octanol–water partition coefficient (Wildman–Crippen LogP) is 4.87. The highest BCUT2D eigenvalue weighted by Crippen LogP contribution is 2.62. The van der Waals surface area contributed by atoms with Crippen molar-refractivity contribution in [2.75, 3.05) is 5.32 Å². The van der Waals surface area contributed by atoms with Crippen LogP contribution >= 0.6 is 0 Å². The van der Waals surface area contributed by atoms with E-state index in [1.807, 2.05) is 19.1 Å². The molecule has 0 aromatic carbocycles. The molecule has 6 rings (SSSR count). The molecule has 27 heavy (non-hydrogen) atoms. The molecule has 4 fully saturated rings. The fourth-order valence-corrected chi connectivity index (χ4v) is 5.77. The van der Waals surface area contributed by atoms with E-state index < -0.39 is 0 Å². The Bertz CT molecular complexity index is 893. The third-order valence-corrected chi connectivity index (χ3v) is 7.82. The summed E-state index contributed by atoms with van der Waals surface area (Å²) in [5, 5.41) is 3.15. The minimum atomic E-state index is 0.119. The summed E-state index contributed by atoms with van der Waals surface area (Å²) in [7, 11) is 0. The monoisotopic (exact) mass is 366 g/mol. The van der Waals surface area contributed by atoms with Crippen LogP contribution in [0.1, 0.15) is 70.5 Å². The quantitative estimate of drug-likeness (QED) is 0.840. The van der Waals surface area contributed by atoms with Crippen LogP contribution in [-0.4, -0.2) is 20.4 Å². The van der Waals surface area contributed by atoms with E-state index in [4.69, 9.17) is 9.97 Å². The van der Waals surface area contributed by atoms with Gasteiger partial charge in [0, 0.05) is 18.2 Å². The van der Waals surface area contributed by atoms with Crippen molar-refractivity contribution < 1.29 is 4.79 Å². The van der Waals surface area contributed by atoms with Gasteiger partial charge in [0.05, 0.1) is 0 Å². The van der Waals surface area contributed by atoms with Crippen LogP contribution in [0.15, 0.2) is 12.1 Å². The summed E-state index contributed by atoms with van der Waals surface area (Å²) in [6, 6.07) is 4.42. The second kappa shape index (κ2) is 6.05. The maximum absolute atomic E-state index is 12.9. The summed E-state index contributed by atoms with van der Waals surface area (Å²) in [5.74, 6) is 2.91. The van der Waals surface area contributed by atoms with Crippen LogP contribution in [0.2, 0.25) is 0 Å². The van der Waals surface area contributed by atoms with Crippen molar-refractivity contribution in [2.45, 2.75) is 71.8 Å². The van der Waals surface area contributed by atoms with E-state index in [9.17, 15) is 4.79 Å². The molecule has 0 spiro atoms. The minimum absolute atomic E-state index is 0.119. The molecule has 144 valence electrons. The Morgan fingerprint density at radius 3 is 2.70 bits per heavy atom. The Morgan fingerprint density at radius 2 is 2.04 bits per heavy atom. The van der Waals surface area contributed by atoms with Crippen molar-refractivity contribution in [1.29, 1.82) is 0 Å². The molecule has 5 heteroatoms. The van der Waals surface area contributed by atoms with Gasteiger partial charge in [-0.1, -0.05) is 13.8 Å². The number of hydrogen-bond donors (Lipinski definition) is 1.